The lowest BCUT2D eigenvalue weighted by atomic mass is 9.94. The predicted octanol–water partition coefficient (Wildman–Crippen LogP) is 1.06. The van der Waals surface area contributed by atoms with Gasteiger partial charge in [-0.05, 0) is 32.1 Å². The number of amides is 1. The number of carbonyl (C=O) groups is 2. The van der Waals surface area contributed by atoms with Gasteiger partial charge in [0.05, 0.1) is 0 Å². The Balaban J connectivity index is 4.70. The van der Waals surface area contributed by atoms with Crippen molar-refractivity contribution in [2.24, 2.45) is 11.8 Å². The van der Waals surface area contributed by atoms with Gasteiger partial charge in [0, 0.05) is 19.2 Å². The smallest absolute Gasteiger partial charge is 0.303 e. The Morgan fingerprint density at radius 3 is 2.10 bits per heavy atom. The highest BCUT2D eigenvalue weighted by atomic mass is 32.2. The van der Waals surface area contributed by atoms with Crippen LogP contribution in [0.25, 0.3) is 0 Å². The molecule has 20 heavy (non-hydrogen) atoms. The average molecular weight is 307 g/mol. The second-order valence-corrected chi connectivity index (χ2v) is 8.65. The van der Waals surface area contributed by atoms with Crippen molar-refractivity contribution in [3.8, 4) is 0 Å². The number of carboxylic acid groups (broad SMARTS) is 1. The van der Waals surface area contributed by atoms with E-state index >= 15 is 0 Å². The van der Waals surface area contributed by atoms with Crippen molar-refractivity contribution in [2.45, 2.75) is 45.3 Å². The number of nitrogens with one attached hydrogen (secondary N) is 1. The fraction of sp³-hybridized carbons (Fsp3) is 0.846. The van der Waals surface area contributed by atoms with Gasteiger partial charge in [-0.2, -0.15) is 0 Å². The van der Waals surface area contributed by atoms with Crippen molar-refractivity contribution in [3.63, 3.8) is 0 Å². The topological polar surface area (TPSA) is 101 Å². The maximum atomic E-state index is 11.9. The second kappa shape index (κ2) is 7.06. The van der Waals surface area contributed by atoms with E-state index in [0.717, 1.165) is 6.26 Å². The zero-order chi connectivity index (χ0) is 16.1. The van der Waals surface area contributed by atoms with E-state index in [2.05, 4.69) is 5.32 Å². The molecule has 7 heteroatoms. The van der Waals surface area contributed by atoms with E-state index in [-0.39, 0.29) is 18.9 Å². The molecule has 0 aliphatic heterocycles. The zero-order valence-corrected chi connectivity index (χ0v) is 13.6. The molecule has 0 saturated heterocycles. The summed E-state index contributed by atoms with van der Waals surface area (Å²) >= 11 is 0. The summed E-state index contributed by atoms with van der Waals surface area (Å²) in [5.41, 5.74) is 0. The monoisotopic (exact) mass is 307 g/mol. The van der Waals surface area contributed by atoms with Crippen LogP contribution in [0.3, 0.4) is 0 Å². The second-order valence-electron chi connectivity index (χ2n) is 6.09. The lowest BCUT2D eigenvalue weighted by Gasteiger charge is -2.24. The summed E-state index contributed by atoms with van der Waals surface area (Å²) in [5.74, 6) is -1.42. The highest BCUT2D eigenvalue weighted by Gasteiger charge is 2.38. The van der Waals surface area contributed by atoms with Gasteiger partial charge in [0.2, 0.25) is 5.91 Å². The Kier molecular flexibility index (Phi) is 6.67. The molecule has 0 saturated carbocycles. The maximum absolute atomic E-state index is 11.9. The number of aliphatic carboxylic acids is 1. The van der Waals surface area contributed by atoms with Crippen LogP contribution in [0, 0.1) is 11.8 Å². The molecule has 6 nitrogen and oxygen atoms in total. The largest absolute Gasteiger partial charge is 0.481 e. The average Bonchev–Trinajstić information content (AvgIpc) is 2.21. The summed E-state index contributed by atoms with van der Waals surface area (Å²) in [6, 6.07) is 0. The first-order valence-corrected chi connectivity index (χ1v) is 8.46. The van der Waals surface area contributed by atoms with Crippen LogP contribution in [0.15, 0.2) is 0 Å². The number of hydrogen-bond acceptors (Lipinski definition) is 4. The van der Waals surface area contributed by atoms with Crippen molar-refractivity contribution in [1.82, 2.24) is 5.32 Å². The van der Waals surface area contributed by atoms with Crippen molar-refractivity contribution < 1.29 is 23.1 Å². The molecule has 1 atom stereocenters. The summed E-state index contributed by atoms with van der Waals surface area (Å²) < 4.78 is 21.6. The molecule has 0 bridgehead atoms. The van der Waals surface area contributed by atoms with E-state index < -0.39 is 26.5 Å². The third kappa shape index (κ3) is 5.90. The van der Waals surface area contributed by atoms with E-state index in [4.69, 9.17) is 5.11 Å². The Labute approximate surface area is 120 Å². The molecule has 0 aromatic carbocycles. The van der Waals surface area contributed by atoms with E-state index in [1.165, 1.54) is 13.8 Å². The molecular formula is C13H25NO5S. The molecule has 1 amide bonds. The molecule has 0 fully saturated rings. The first kappa shape index (κ1) is 18.9. The van der Waals surface area contributed by atoms with Gasteiger partial charge in [-0.3, -0.25) is 9.59 Å². The fourth-order valence-corrected chi connectivity index (χ4v) is 2.18. The molecule has 0 aliphatic rings. The van der Waals surface area contributed by atoms with Crippen LogP contribution in [-0.2, 0) is 19.4 Å². The first-order chi connectivity index (χ1) is 8.87. The summed E-state index contributed by atoms with van der Waals surface area (Å²) in [6.45, 7) is 6.79. The van der Waals surface area contributed by atoms with Gasteiger partial charge >= 0.3 is 5.97 Å². The standard InChI is InChI=1S/C13H25NO5S/c1-9(2)6-10(7-11(15)16)8-14-12(17)13(3,4)20(5,18)19/h9-10H,6-8H2,1-5H3,(H,14,17)(H,15,16). The van der Waals surface area contributed by atoms with Crippen LogP contribution in [-0.4, -0.2) is 42.9 Å². The number of rotatable bonds is 8. The van der Waals surface area contributed by atoms with Crippen LogP contribution in [0.2, 0.25) is 0 Å². The molecule has 0 heterocycles. The first-order valence-electron chi connectivity index (χ1n) is 6.57. The molecule has 0 radical (unpaired) electrons. The lowest BCUT2D eigenvalue weighted by molar-refractivity contribution is -0.138. The summed E-state index contributed by atoms with van der Waals surface area (Å²) in [5, 5.41) is 11.4. The van der Waals surface area contributed by atoms with Gasteiger partial charge in [0.1, 0.15) is 4.75 Å². The Bertz CT molecular complexity index is 453. The van der Waals surface area contributed by atoms with Gasteiger partial charge in [-0.15, -0.1) is 0 Å². The minimum Gasteiger partial charge on any atom is -0.481 e. The molecule has 0 aromatic heterocycles. The lowest BCUT2D eigenvalue weighted by Crippen LogP contribution is -2.48. The third-order valence-corrected chi connectivity index (χ3v) is 5.33. The van der Waals surface area contributed by atoms with E-state index in [1.807, 2.05) is 13.8 Å². The van der Waals surface area contributed by atoms with E-state index in [0.29, 0.717) is 12.3 Å². The van der Waals surface area contributed by atoms with Crippen LogP contribution in [0.4, 0.5) is 0 Å². The minimum atomic E-state index is -3.52. The Morgan fingerprint density at radius 1 is 1.25 bits per heavy atom. The zero-order valence-electron chi connectivity index (χ0n) is 12.8. The van der Waals surface area contributed by atoms with Crippen molar-refractivity contribution in [2.75, 3.05) is 12.8 Å². The van der Waals surface area contributed by atoms with Crippen LogP contribution >= 0.6 is 0 Å². The maximum Gasteiger partial charge on any atom is 0.303 e. The van der Waals surface area contributed by atoms with Crippen molar-refractivity contribution in [3.05, 3.63) is 0 Å². The number of hydrogen-bond donors (Lipinski definition) is 2. The van der Waals surface area contributed by atoms with Crippen LogP contribution in [0.1, 0.15) is 40.5 Å². The van der Waals surface area contributed by atoms with Gasteiger partial charge < -0.3 is 10.4 Å². The molecule has 0 rings (SSSR count). The molecule has 2 N–H and O–H groups in total. The summed E-state index contributed by atoms with van der Waals surface area (Å²) in [4.78, 5) is 22.7. The van der Waals surface area contributed by atoms with Crippen LogP contribution in [0.5, 0.6) is 0 Å². The van der Waals surface area contributed by atoms with Gasteiger partial charge in [0.15, 0.2) is 9.84 Å². The van der Waals surface area contributed by atoms with Gasteiger partial charge in [0.25, 0.3) is 0 Å². The molecule has 0 aliphatic carbocycles. The van der Waals surface area contributed by atoms with Gasteiger partial charge in [-0.1, -0.05) is 13.8 Å². The molecule has 1 unspecified atom stereocenters. The summed E-state index contributed by atoms with van der Waals surface area (Å²) in [7, 11) is -3.52. The number of sulfone groups is 1. The Hall–Kier alpha value is -1.11. The number of carbonyl (C=O) groups excluding carboxylic acids is 1. The normalized spacial score (nSPS) is 14.1. The van der Waals surface area contributed by atoms with Crippen molar-refractivity contribution in [1.29, 1.82) is 0 Å². The molecule has 0 aromatic rings. The van der Waals surface area contributed by atoms with Gasteiger partial charge in [-0.25, -0.2) is 8.42 Å². The highest BCUT2D eigenvalue weighted by molar-refractivity contribution is 7.92. The molecule has 0 spiro atoms. The van der Waals surface area contributed by atoms with E-state index in [1.54, 1.807) is 0 Å². The predicted molar refractivity (Wildman–Crippen MR) is 77.1 cm³/mol. The third-order valence-electron chi connectivity index (χ3n) is 3.29. The van der Waals surface area contributed by atoms with E-state index in [9.17, 15) is 18.0 Å². The Morgan fingerprint density at radius 2 is 1.75 bits per heavy atom. The highest BCUT2D eigenvalue weighted by Crippen LogP contribution is 2.17. The fourth-order valence-electron chi connectivity index (χ4n) is 1.77. The molecule has 118 valence electrons. The van der Waals surface area contributed by atoms with Crippen LogP contribution < -0.4 is 5.32 Å². The SMILES string of the molecule is CC(C)CC(CNC(=O)C(C)(C)S(C)(=O)=O)CC(=O)O. The van der Waals surface area contributed by atoms with Crippen molar-refractivity contribution >= 4 is 21.7 Å². The minimum absolute atomic E-state index is 0.0439. The summed E-state index contributed by atoms with van der Waals surface area (Å²) in [6.07, 6.45) is 1.62. The number of carboxylic acids is 1. The molecular weight excluding hydrogens is 282 g/mol. The quantitative estimate of drug-likeness (QED) is 0.698.